The maximum Gasteiger partial charge on any atom is 0.358 e. The molecule has 9 nitrogen and oxygen atoms in total. The summed E-state index contributed by atoms with van der Waals surface area (Å²) in [6.45, 7) is 1.31. The number of thiazole rings is 1. The molecule has 1 aliphatic rings. The molecule has 1 N–H and O–H groups in total. The molecule has 0 saturated carbocycles. The molecule has 2 unspecified atom stereocenters. The first-order valence-corrected chi connectivity index (χ1v) is 13.8. The van der Waals surface area contributed by atoms with Gasteiger partial charge in [0.15, 0.2) is 16.6 Å². The topological polar surface area (TPSA) is 107 Å². The van der Waals surface area contributed by atoms with Crippen LogP contribution in [0.25, 0.3) is 10.2 Å². The van der Waals surface area contributed by atoms with Crippen molar-refractivity contribution < 1.29 is 28.6 Å². The van der Waals surface area contributed by atoms with Crippen LogP contribution in [0.15, 0.2) is 70.4 Å². The van der Waals surface area contributed by atoms with E-state index in [4.69, 9.17) is 14.2 Å². The van der Waals surface area contributed by atoms with Crippen LogP contribution in [-0.4, -0.2) is 59.9 Å². The summed E-state index contributed by atoms with van der Waals surface area (Å²) in [5, 5.41) is 2.11. The van der Waals surface area contributed by atoms with Gasteiger partial charge in [0.25, 0.3) is 11.8 Å². The highest BCUT2D eigenvalue weighted by Crippen LogP contribution is 2.45. The van der Waals surface area contributed by atoms with Crippen molar-refractivity contribution in [2.24, 2.45) is 0 Å². The fourth-order valence-electron chi connectivity index (χ4n) is 3.40. The summed E-state index contributed by atoms with van der Waals surface area (Å²) < 4.78 is 17.5. The van der Waals surface area contributed by atoms with Crippen LogP contribution in [0.2, 0.25) is 0 Å². The molecule has 36 heavy (non-hydrogen) atoms. The van der Waals surface area contributed by atoms with Gasteiger partial charge in [-0.25, -0.2) is 9.78 Å². The van der Waals surface area contributed by atoms with Gasteiger partial charge in [0, 0.05) is 0 Å². The van der Waals surface area contributed by atoms with Crippen LogP contribution in [0.5, 0.6) is 5.75 Å². The van der Waals surface area contributed by atoms with E-state index in [-0.39, 0.29) is 18.1 Å². The minimum absolute atomic E-state index is 0.0153. The number of nitrogens with zero attached hydrogens (tertiary/aromatic N) is 2. The van der Waals surface area contributed by atoms with E-state index in [2.05, 4.69) is 10.3 Å². The number of likely N-dealkylation sites (tertiary alicyclic amines) is 1. The second-order valence-electron chi connectivity index (χ2n) is 7.47. The molecule has 0 radical (unpaired) electrons. The van der Waals surface area contributed by atoms with Gasteiger partial charge < -0.3 is 19.5 Å². The Balaban J connectivity index is 1.52. The molecule has 2 amide bonds. The van der Waals surface area contributed by atoms with Crippen molar-refractivity contribution in [3.8, 4) is 5.75 Å². The minimum Gasteiger partial charge on any atom is -0.499 e. The first-order chi connectivity index (χ1) is 17.4. The van der Waals surface area contributed by atoms with Crippen LogP contribution in [-0.2, 0) is 23.9 Å². The molecule has 2 aromatic carbocycles. The molecular weight excluding hydrogens is 522 g/mol. The van der Waals surface area contributed by atoms with Crippen molar-refractivity contribution >= 4 is 60.9 Å². The van der Waals surface area contributed by atoms with E-state index < -0.39 is 29.2 Å². The van der Waals surface area contributed by atoms with Crippen molar-refractivity contribution in [1.29, 1.82) is 0 Å². The zero-order chi connectivity index (χ0) is 25.7. The number of hydrogen-bond acceptors (Lipinski definition) is 10. The zero-order valence-corrected chi connectivity index (χ0v) is 22.1. The normalized spacial score (nSPS) is 17.8. The highest BCUT2D eigenvalue weighted by atomic mass is 33.1. The quantitative estimate of drug-likeness (QED) is 0.134. The third kappa shape index (κ3) is 5.61. The Morgan fingerprint density at radius 1 is 1.08 bits per heavy atom. The lowest BCUT2D eigenvalue weighted by Gasteiger charge is -2.46. The van der Waals surface area contributed by atoms with E-state index >= 15 is 0 Å². The van der Waals surface area contributed by atoms with Crippen LogP contribution < -0.4 is 10.1 Å². The molecule has 0 bridgehead atoms. The van der Waals surface area contributed by atoms with Crippen LogP contribution in [0.1, 0.15) is 6.92 Å². The van der Waals surface area contributed by atoms with E-state index in [0.29, 0.717) is 5.75 Å². The molecule has 1 aliphatic heterocycles. The number of β-lactam (4-membered cyclic amide) rings is 1. The molecule has 1 aromatic heterocycles. The predicted octanol–water partition coefficient (Wildman–Crippen LogP) is 3.82. The number of allylic oxidation sites excluding steroid dienone is 1. The van der Waals surface area contributed by atoms with E-state index in [1.54, 1.807) is 31.2 Å². The second kappa shape index (κ2) is 11.7. The first-order valence-electron chi connectivity index (χ1n) is 10.7. The first kappa shape index (κ1) is 25.9. The maximum atomic E-state index is 13.2. The average molecular weight is 546 g/mol. The van der Waals surface area contributed by atoms with E-state index in [0.717, 1.165) is 14.6 Å². The lowest BCUT2D eigenvalue weighted by atomic mass is 10.1. The number of nitrogens with one attached hydrogen (secondary N) is 1. The fourth-order valence-corrected chi connectivity index (χ4v) is 7.31. The third-order valence-electron chi connectivity index (χ3n) is 5.22. The molecule has 2 heterocycles. The Hall–Kier alpha value is -3.22. The van der Waals surface area contributed by atoms with Gasteiger partial charge in [-0.15, -0.1) is 11.3 Å². The molecule has 1 saturated heterocycles. The SMILES string of the molecule is COC(=O)/C(=C(\C)OC)N1C(=O)C(NC(=O)COc2ccccc2)C1SSc1nc2ccccc2s1. The lowest BCUT2D eigenvalue weighted by molar-refractivity contribution is -0.152. The molecule has 1 fully saturated rings. The highest BCUT2D eigenvalue weighted by Gasteiger charge is 2.53. The van der Waals surface area contributed by atoms with Crippen LogP contribution in [0.4, 0.5) is 0 Å². The van der Waals surface area contributed by atoms with E-state index in [1.807, 2.05) is 30.3 Å². The number of ether oxygens (including phenoxy) is 3. The maximum absolute atomic E-state index is 13.2. The third-order valence-corrected chi connectivity index (χ3v) is 9.24. The summed E-state index contributed by atoms with van der Waals surface area (Å²) in [6.07, 6.45) is 0. The Morgan fingerprint density at radius 2 is 1.81 bits per heavy atom. The van der Waals surface area contributed by atoms with Gasteiger partial charge in [0.05, 0.1) is 24.4 Å². The number of aromatic nitrogens is 1. The molecule has 2 atom stereocenters. The van der Waals surface area contributed by atoms with Crippen LogP contribution >= 0.6 is 32.9 Å². The molecule has 3 aromatic rings. The van der Waals surface area contributed by atoms with Crippen LogP contribution in [0.3, 0.4) is 0 Å². The Morgan fingerprint density at radius 3 is 2.50 bits per heavy atom. The molecule has 4 rings (SSSR count). The summed E-state index contributed by atoms with van der Waals surface area (Å²) in [5.41, 5.74) is 0.860. The second-order valence-corrected chi connectivity index (χ2v) is 11.1. The minimum atomic E-state index is -0.881. The molecular formula is C24H23N3O6S3. The van der Waals surface area contributed by atoms with Gasteiger partial charge in [-0.2, -0.15) is 0 Å². The summed E-state index contributed by atoms with van der Waals surface area (Å²) in [7, 11) is 5.31. The average Bonchev–Trinajstić information content (AvgIpc) is 3.33. The van der Waals surface area contributed by atoms with Gasteiger partial charge in [0.1, 0.15) is 22.9 Å². The smallest absolute Gasteiger partial charge is 0.358 e. The van der Waals surface area contributed by atoms with E-state index in [9.17, 15) is 14.4 Å². The Bertz CT molecular complexity index is 1260. The number of fused-ring (bicyclic) bond motifs is 1. The largest absolute Gasteiger partial charge is 0.499 e. The van der Waals surface area contributed by atoms with Crippen molar-refractivity contribution in [2.45, 2.75) is 22.7 Å². The zero-order valence-electron chi connectivity index (χ0n) is 19.6. The number of para-hydroxylation sites is 2. The number of hydrogen-bond donors (Lipinski definition) is 1. The number of benzene rings is 2. The lowest BCUT2D eigenvalue weighted by Crippen LogP contribution is -2.69. The molecule has 12 heteroatoms. The van der Waals surface area contributed by atoms with E-state index in [1.165, 1.54) is 52.0 Å². The van der Waals surface area contributed by atoms with Gasteiger partial charge >= 0.3 is 5.97 Å². The summed E-state index contributed by atoms with van der Waals surface area (Å²) >= 11 is 1.52. The van der Waals surface area contributed by atoms with Gasteiger partial charge in [0.2, 0.25) is 0 Å². The molecule has 0 aliphatic carbocycles. The number of esters is 1. The monoisotopic (exact) mass is 545 g/mol. The number of methoxy groups -OCH3 is 2. The van der Waals surface area contributed by atoms with Crippen molar-refractivity contribution in [3.05, 3.63) is 66.1 Å². The Labute approximate surface area is 219 Å². The Kier molecular flexibility index (Phi) is 8.39. The van der Waals surface area contributed by atoms with Gasteiger partial charge in [-0.3, -0.25) is 14.5 Å². The number of rotatable bonds is 10. The van der Waals surface area contributed by atoms with Gasteiger partial charge in [-0.1, -0.05) is 41.1 Å². The van der Waals surface area contributed by atoms with Crippen LogP contribution in [0, 0.1) is 0 Å². The summed E-state index contributed by atoms with van der Waals surface area (Å²) in [5.74, 6) is -0.863. The standard InChI is InChI=1S/C24H23N3O6S3/c1-14(31-2)20(23(30)32-3)27-21(29)19(26-18(28)13-33-15-9-5-4-6-10-15)22(27)35-36-24-25-16-11-7-8-12-17(16)34-24/h4-12,19,22H,13H2,1-3H3,(H,26,28)/b20-14-. The highest BCUT2D eigenvalue weighted by molar-refractivity contribution is 8.77. The summed E-state index contributed by atoms with van der Waals surface area (Å²) in [4.78, 5) is 44.2. The number of amides is 2. The van der Waals surface area contributed by atoms with Gasteiger partial charge in [-0.05, 0) is 42.0 Å². The number of carbonyl (C=O) groups is 3. The number of carbonyl (C=O) groups excluding carboxylic acids is 3. The van der Waals surface area contributed by atoms with Crippen molar-refractivity contribution in [1.82, 2.24) is 15.2 Å². The molecule has 0 spiro atoms. The van der Waals surface area contributed by atoms with Crippen molar-refractivity contribution in [2.75, 3.05) is 20.8 Å². The fraction of sp³-hybridized carbons (Fsp3) is 0.250. The summed E-state index contributed by atoms with van der Waals surface area (Å²) in [6, 6.07) is 15.8. The predicted molar refractivity (Wildman–Crippen MR) is 139 cm³/mol. The van der Waals surface area contributed by atoms with Crippen molar-refractivity contribution in [3.63, 3.8) is 0 Å². The molecule has 188 valence electrons.